The predicted octanol–water partition coefficient (Wildman–Crippen LogP) is 3.72. The molecule has 1 aromatic carbocycles. The fraction of sp³-hybridized carbons (Fsp3) is 0.400. The standard InChI is InChI=1S/C15H18FNO/c1-2-3-4-7-10-17-14-9-6-5-8-12(14)13(16)11-15(17)18/h5-6,8-9,11H,2-4,7,10H2,1H3. The van der Waals surface area contributed by atoms with E-state index in [9.17, 15) is 9.18 Å². The van der Waals surface area contributed by atoms with Gasteiger partial charge in [0.15, 0.2) is 0 Å². The first-order valence-corrected chi connectivity index (χ1v) is 6.52. The van der Waals surface area contributed by atoms with Crippen LogP contribution < -0.4 is 5.56 Å². The van der Waals surface area contributed by atoms with E-state index in [0.717, 1.165) is 18.9 Å². The number of aromatic nitrogens is 1. The molecule has 0 amide bonds. The maximum atomic E-state index is 13.7. The Labute approximate surface area is 106 Å². The van der Waals surface area contributed by atoms with Gasteiger partial charge in [0.25, 0.3) is 5.56 Å². The van der Waals surface area contributed by atoms with Gasteiger partial charge in [-0.1, -0.05) is 38.3 Å². The van der Waals surface area contributed by atoms with Crippen molar-refractivity contribution < 1.29 is 4.39 Å². The summed E-state index contributed by atoms with van der Waals surface area (Å²) in [6.07, 6.45) is 4.41. The van der Waals surface area contributed by atoms with Gasteiger partial charge in [-0.2, -0.15) is 0 Å². The van der Waals surface area contributed by atoms with Crippen LogP contribution in [0, 0.1) is 5.82 Å². The van der Waals surface area contributed by atoms with E-state index in [1.54, 1.807) is 22.8 Å². The molecule has 0 atom stereocenters. The Bertz CT molecular complexity index is 589. The molecule has 0 saturated carbocycles. The number of hydrogen-bond donors (Lipinski definition) is 0. The van der Waals surface area contributed by atoms with Gasteiger partial charge in [0.2, 0.25) is 0 Å². The number of halogens is 1. The molecule has 96 valence electrons. The molecule has 0 spiro atoms. The largest absolute Gasteiger partial charge is 0.308 e. The molecule has 0 fully saturated rings. The third-order valence-corrected chi connectivity index (χ3v) is 3.20. The van der Waals surface area contributed by atoms with Gasteiger partial charge in [-0.05, 0) is 18.6 Å². The first-order chi connectivity index (χ1) is 8.74. The van der Waals surface area contributed by atoms with Crippen molar-refractivity contribution >= 4 is 10.9 Å². The Kier molecular flexibility index (Phi) is 4.13. The molecular weight excluding hydrogens is 229 g/mol. The van der Waals surface area contributed by atoms with Gasteiger partial charge in [0.05, 0.1) is 5.52 Å². The molecule has 0 saturated heterocycles. The molecule has 0 bridgehead atoms. The third kappa shape index (κ3) is 2.61. The van der Waals surface area contributed by atoms with Gasteiger partial charge in [-0.3, -0.25) is 4.79 Å². The highest BCUT2D eigenvalue weighted by atomic mass is 19.1. The SMILES string of the molecule is CCCCCCn1c(=O)cc(F)c2ccccc21. The summed E-state index contributed by atoms with van der Waals surface area (Å²) in [4.78, 5) is 11.8. The fourth-order valence-electron chi connectivity index (χ4n) is 2.22. The van der Waals surface area contributed by atoms with E-state index in [2.05, 4.69) is 6.92 Å². The van der Waals surface area contributed by atoms with E-state index in [4.69, 9.17) is 0 Å². The summed E-state index contributed by atoms with van der Waals surface area (Å²) in [5.74, 6) is -0.430. The van der Waals surface area contributed by atoms with E-state index in [0.29, 0.717) is 17.4 Å². The lowest BCUT2D eigenvalue weighted by molar-refractivity contribution is 0.574. The Balaban J connectivity index is 2.34. The van der Waals surface area contributed by atoms with Crippen molar-refractivity contribution in [2.45, 2.75) is 39.2 Å². The summed E-state index contributed by atoms with van der Waals surface area (Å²) in [6.45, 7) is 2.82. The molecule has 0 radical (unpaired) electrons. The highest BCUT2D eigenvalue weighted by Gasteiger charge is 2.07. The number of aryl methyl sites for hydroxylation is 1. The molecule has 0 unspecified atom stereocenters. The van der Waals surface area contributed by atoms with E-state index < -0.39 is 5.82 Å². The number of hydrogen-bond acceptors (Lipinski definition) is 1. The smallest absolute Gasteiger partial charge is 0.253 e. The van der Waals surface area contributed by atoms with Gasteiger partial charge >= 0.3 is 0 Å². The predicted molar refractivity (Wildman–Crippen MR) is 72.3 cm³/mol. The van der Waals surface area contributed by atoms with E-state index in [1.165, 1.54) is 12.8 Å². The molecular formula is C15H18FNO. The minimum Gasteiger partial charge on any atom is -0.308 e. The van der Waals surface area contributed by atoms with Gasteiger partial charge < -0.3 is 4.57 Å². The van der Waals surface area contributed by atoms with Crippen LogP contribution in [0.25, 0.3) is 10.9 Å². The zero-order chi connectivity index (χ0) is 13.0. The van der Waals surface area contributed by atoms with Crippen LogP contribution in [-0.2, 0) is 6.54 Å². The topological polar surface area (TPSA) is 22.0 Å². The molecule has 0 aliphatic rings. The van der Waals surface area contributed by atoms with Crippen molar-refractivity contribution in [3.05, 3.63) is 46.5 Å². The van der Waals surface area contributed by atoms with Crippen molar-refractivity contribution in [3.8, 4) is 0 Å². The Morgan fingerprint density at radius 1 is 1.17 bits per heavy atom. The number of nitrogens with zero attached hydrogens (tertiary/aromatic N) is 1. The van der Waals surface area contributed by atoms with Gasteiger partial charge in [0.1, 0.15) is 5.82 Å². The zero-order valence-corrected chi connectivity index (χ0v) is 10.7. The molecule has 2 nitrogen and oxygen atoms in total. The zero-order valence-electron chi connectivity index (χ0n) is 10.7. The maximum absolute atomic E-state index is 13.7. The summed E-state index contributed by atoms with van der Waals surface area (Å²) >= 11 is 0. The lowest BCUT2D eigenvalue weighted by Crippen LogP contribution is -2.20. The van der Waals surface area contributed by atoms with Crippen LogP contribution >= 0.6 is 0 Å². The summed E-state index contributed by atoms with van der Waals surface area (Å²) in [6, 6.07) is 8.23. The molecule has 2 aromatic rings. The van der Waals surface area contributed by atoms with Gasteiger partial charge in [0, 0.05) is 18.0 Å². The highest BCUT2D eigenvalue weighted by molar-refractivity contribution is 5.79. The number of fused-ring (bicyclic) bond motifs is 1. The highest BCUT2D eigenvalue weighted by Crippen LogP contribution is 2.15. The number of rotatable bonds is 5. The van der Waals surface area contributed by atoms with E-state index in [1.807, 2.05) is 6.07 Å². The Hall–Kier alpha value is -1.64. The van der Waals surface area contributed by atoms with Gasteiger partial charge in [-0.25, -0.2) is 4.39 Å². The molecule has 3 heteroatoms. The fourth-order valence-corrected chi connectivity index (χ4v) is 2.22. The second-order valence-electron chi connectivity index (χ2n) is 4.56. The average Bonchev–Trinajstić information content (AvgIpc) is 2.38. The molecule has 1 aromatic heterocycles. The van der Waals surface area contributed by atoms with E-state index in [-0.39, 0.29) is 5.56 Å². The maximum Gasteiger partial charge on any atom is 0.253 e. The van der Waals surface area contributed by atoms with Crippen LogP contribution in [-0.4, -0.2) is 4.57 Å². The lowest BCUT2D eigenvalue weighted by Gasteiger charge is -2.10. The third-order valence-electron chi connectivity index (χ3n) is 3.20. The number of unbranched alkanes of at least 4 members (excludes halogenated alkanes) is 3. The van der Waals surface area contributed by atoms with Crippen LogP contribution in [0.5, 0.6) is 0 Å². The Morgan fingerprint density at radius 3 is 2.72 bits per heavy atom. The van der Waals surface area contributed by atoms with E-state index >= 15 is 0 Å². The molecule has 18 heavy (non-hydrogen) atoms. The van der Waals surface area contributed by atoms with Gasteiger partial charge in [-0.15, -0.1) is 0 Å². The Morgan fingerprint density at radius 2 is 1.94 bits per heavy atom. The summed E-state index contributed by atoms with van der Waals surface area (Å²) in [7, 11) is 0. The van der Waals surface area contributed by atoms with Crippen LogP contribution in [0.1, 0.15) is 32.6 Å². The normalized spacial score (nSPS) is 11.0. The summed E-state index contributed by atoms with van der Waals surface area (Å²) in [5, 5.41) is 0.521. The molecule has 0 N–H and O–H groups in total. The van der Waals surface area contributed by atoms with Crippen molar-refractivity contribution in [3.63, 3.8) is 0 Å². The minimum atomic E-state index is -0.430. The molecule has 2 rings (SSSR count). The molecule has 0 aliphatic carbocycles. The second-order valence-corrected chi connectivity index (χ2v) is 4.56. The van der Waals surface area contributed by atoms with Crippen LogP contribution in [0.4, 0.5) is 4.39 Å². The number of pyridine rings is 1. The molecule has 1 heterocycles. The van der Waals surface area contributed by atoms with Crippen LogP contribution in [0.15, 0.2) is 35.1 Å². The average molecular weight is 247 g/mol. The molecule has 0 aliphatic heterocycles. The van der Waals surface area contributed by atoms with Crippen molar-refractivity contribution in [1.82, 2.24) is 4.57 Å². The first-order valence-electron chi connectivity index (χ1n) is 6.52. The lowest BCUT2D eigenvalue weighted by atomic mass is 10.1. The quantitative estimate of drug-likeness (QED) is 0.738. The summed E-state index contributed by atoms with van der Waals surface area (Å²) in [5.41, 5.74) is 0.446. The van der Waals surface area contributed by atoms with Crippen LogP contribution in [0.2, 0.25) is 0 Å². The first kappa shape index (κ1) is 12.8. The number of para-hydroxylation sites is 1. The second kappa shape index (κ2) is 5.80. The summed E-state index contributed by atoms with van der Waals surface area (Å²) < 4.78 is 15.3. The van der Waals surface area contributed by atoms with Crippen LogP contribution in [0.3, 0.4) is 0 Å². The van der Waals surface area contributed by atoms with Crippen molar-refractivity contribution in [2.75, 3.05) is 0 Å². The minimum absolute atomic E-state index is 0.248. The van der Waals surface area contributed by atoms with Crippen molar-refractivity contribution in [1.29, 1.82) is 0 Å². The number of benzene rings is 1. The van der Waals surface area contributed by atoms with Crippen molar-refractivity contribution in [2.24, 2.45) is 0 Å². The monoisotopic (exact) mass is 247 g/mol.